The van der Waals surface area contributed by atoms with Gasteiger partial charge in [0, 0.05) is 47.9 Å². The number of fused-ring (bicyclic) bond motifs is 1. The Labute approximate surface area is 238 Å². The maximum Gasteiger partial charge on any atom is 0.266 e. The van der Waals surface area contributed by atoms with E-state index in [2.05, 4.69) is 10.1 Å². The van der Waals surface area contributed by atoms with Crippen LogP contribution in [0.15, 0.2) is 102 Å². The first-order valence-electron chi connectivity index (χ1n) is 12.9. The van der Waals surface area contributed by atoms with Crippen molar-refractivity contribution in [3.8, 4) is 28.3 Å². The topological polar surface area (TPSA) is 105 Å². The number of nitrogens with two attached hydrogens (primary N) is 1. The van der Waals surface area contributed by atoms with Gasteiger partial charge >= 0.3 is 0 Å². The van der Waals surface area contributed by atoms with E-state index in [-0.39, 0.29) is 17.7 Å². The van der Waals surface area contributed by atoms with E-state index < -0.39 is 23.0 Å². The van der Waals surface area contributed by atoms with Crippen LogP contribution in [-0.4, -0.2) is 24.9 Å². The molecule has 4 heterocycles. The number of hydrogen-bond donors (Lipinski definition) is 1. The molecule has 0 radical (unpaired) electrons. The highest BCUT2D eigenvalue weighted by atomic mass is 19.1. The predicted molar refractivity (Wildman–Crippen MR) is 154 cm³/mol. The quantitative estimate of drug-likeness (QED) is 0.241. The molecule has 2 aromatic carbocycles. The molecule has 0 saturated carbocycles. The van der Waals surface area contributed by atoms with E-state index >= 15 is 4.39 Å². The predicted octanol–water partition coefficient (Wildman–Crippen LogP) is 5.93. The number of aryl methyl sites for hydroxylation is 1. The Bertz CT molecular complexity index is 2020. The highest BCUT2D eigenvalue weighted by molar-refractivity contribution is 5.98. The lowest BCUT2D eigenvalue weighted by molar-refractivity contribution is 0.0990. The van der Waals surface area contributed by atoms with Gasteiger partial charge in [-0.3, -0.25) is 14.2 Å². The first-order valence-corrected chi connectivity index (χ1v) is 12.9. The van der Waals surface area contributed by atoms with Gasteiger partial charge < -0.3 is 10.5 Å². The van der Waals surface area contributed by atoms with Gasteiger partial charge in [0.1, 0.15) is 17.2 Å². The number of pyridine rings is 2. The summed E-state index contributed by atoms with van der Waals surface area (Å²) in [6.07, 6.45) is 6.27. The number of nitrogens with zero attached hydrogens (tertiary/aromatic N) is 4. The van der Waals surface area contributed by atoms with Crippen LogP contribution in [0.2, 0.25) is 0 Å². The molecule has 0 atom stereocenters. The van der Waals surface area contributed by atoms with Gasteiger partial charge in [0.2, 0.25) is 0 Å². The third-order valence-corrected chi connectivity index (χ3v) is 6.88. The van der Waals surface area contributed by atoms with Gasteiger partial charge in [-0.1, -0.05) is 6.07 Å². The standard InChI is InChI=1S/C32H23F2N5O3/c1-19-11-14-38(23-6-4-22(33)5-7-23)32(41)30(19)26(40)17-20-2-8-27(25(34)16-20)42-28-10-13-37-39-15-12-24(31(28)39)21-3-9-29(35)36-18-21/h2-16,18H,17H2,1H3,(H2,35,36). The summed E-state index contributed by atoms with van der Waals surface area (Å²) in [5.74, 6) is -0.870. The maximum absolute atomic E-state index is 15.3. The number of benzene rings is 2. The molecule has 0 unspecified atom stereocenters. The minimum Gasteiger partial charge on any atom is -0.452 e. The van der Waals surface area contributed by atoms with Crippen molar-refractivity contribution in [3.05, 3.63) is 136 Å². The number of carbonyl (C=O) groups excluding carboxylic acids is 1. The van der Waals surface area contributed by atoms with E-state index in [1.165, 1.54) is 47.2 Å². The van der Waals surface area contributed by atoms with Crippen LogP contribution in [-0.2, 0) is 6.42 Å². The summed E-state index contributed by atoms with van der Waals surface area (Å²) in [5.41, 5.74) is 8.63. The third-order valence-electron chi connectivity index (χ3n) is 6.88. The first-order chi connectivity index (χ1) is 20.3. The van der Waals surface area contributed by atoms with Crippen molar-refractivity contribution >= 4 is 17.1 Å². The molecule has 6 rings (SSSR count). The van der Waals surface area contributed by atoms with E-state index in [1.54, 1.807) is 54.3 Å². The SMILES string of the molecule is Cc1ccn(-c2ccc(F)cc2)c(=O)c1C(=O)Cc1ccc(Oc2ccnn3ccc(-c4ccc(N)nc4)c23)c(F)c1. The van der Waals surface area contributed by atoms with Crippen molar-refractivity contribution in [2.24, 2.45) is 0 Å². The molecule has 0 aliphatic rings. The van der Waals surface area contributed by atoms with Gasteiger partial charge in [0.15, 0.2) is 23.1 Å². The molecular formula is C32H23F2N5O3. The molecule has 10 heteroatoms. The smallest absolute Gasteiger partial charge is 0.266 e. The summed E-state index contributed by atoms with van der Waals surface area (Å²) in [6.45, 7) is 1.66. The van der Waals surface area contributed by atoms with Crippen LogP contribution in [0.25, 0.3) is 22.3 Å². The van der Waals surface area contributed by atoms with Gasteiger partial charge in [0.25, 0.3) is 5.56 Å². The average Bonchev–Trinajstić information content (AvgIpc) is 3.41. The van der Waals surface area contributed by atoms with E-state index in [1.807, 2.05) is 12.1 Å². The number of halogens is 2. The molecule has 6 aromatic rings. The fourth-order valence-corrected chi connectivity index (χ4v) is 4.80. The van der Waals surface area contributed by atoms with E-state index in [0.717, 1.165) is 11.1 Å². The number of hydrogen-bond acceptors (Lipinski definition) is 6. The van der Waals surface area contributed by atoms with Crippen molar-refractivity contribution in [3.63, 3.8) is 0 Å². The Kier molecular flexibility index (Phi) is 6.79. The molecule has 42 heavy (non-hydrogen) atoms. The van der Waals surface area contributed by atoms with Crippen LogP contribution in [0.1, 0.15) is 21.5 Å². The lowest BCUT2D eigenvalue weighted by Crippen LogP contribution is -2.27. The second-order valence-electron chi connectivity index (χ2n) is 9.68. The molecular weight excluding hydrogens is 540 g/mol. The van der Waals surface area contributed by atoms with E-state index in [9.17, 15) is 14.0 Å². The van der Waals surface area contributed by atoms with Gasteiger partial charge in [-0.2, -0.15) is 5.10 Å². The van der Waals surface area contributed by atoms with Crippen molar-refractivity contribution < 1.29 is 18.3 Å². The molecule has 0 saturated heterocycles. The molecule has 208 valence electrons. The molecule has 8 nitrogen and oxygen atoms in total. The Morgan fingerprint density at radius 1 is 0.952 bits per heavy atom. The highest BCUT2D eigenvalue weighted by Gasteiger charge is 2.19. The summed E-state index contributed by atoms with van der Waals surface area (Å²) < 4.78 is 37.5. The average molecular weight is 564 g/mol. The molecule has 4 aromatic heterocycles. The molecule has 0 aliphatic carbocycles. The monoisotopic (exact) mass is 563 g/mol. The van der Waals surface area contributed by atoms with Crippen LogP contribution in [0.3, 0.4) is 0 Å². The summed E-state index contributed by atoms with van der Waals surface area (Å²) in [5, 5.41) is 4.31. The molecule has 0 spiro atoms. The van der Waals surface area contributed by atoms with Gasteiger partial charge in [-0.25, -0.2) is 18.3 Å². The largest absolute Gasteiger partial charge is 0.452 e. The number of ketones is 1. The second kappa shape index (κ2) is 10.7. The highest BCUT2D eigenvalue weighted by Crippen LogP contribution is 2.35. The Hall–Kier alpha value is -5.64. The molecule has 0 amide bonds. The van der Waals surface area contributed by atoms with Crippen molar-refractivity contribution in [2.75, 3.05) is 5.73 Å². The summed E-state index contributed by atoms with van der Waals surface area (Å²) in [7, 11) is 0. The summed E-state index contributed by atoms with van der Waals surface area (Å²) in [6, 6.07) is 18.2. The van der Waals surface area contributed by atoms with Crippen molar-refractivity contribution in [1.29, 1.82) is 0 Å². The number of Topliss-reactive ketones (excluding diaryl/α,β-unsaturated/α-hetero) is 1. The minimum atomic E-state index is -0.675. The normalized spacial score (nSPS) is 11.1. The zero-order chi connectivity index (χ0) is 29.4. The Balaban J connectivity index is 1.27. The number of ether oxygens (including phenoxy) is 1. The van der Waals surface area contributed by atoms with Gasteiger partial charge in [-0.15, -0.1) is 0 Å². The lowest BCUT2D eigenvalue weighted by atomic mass is 10.0. The molecule has 2 N–H and O–H groups in total. The number of rotatable bonds is 7. The summed E-state index contributed by atoms with van der Waals surface area (Å²) >= 11 is 0. The summed E-state index contributed by atoms with van der Waals surface area (Å²) in [4.78, 5) is 30.6. The van der Waals surface area contributed by atoms with Gasteiger partial charge in [-0.05, 0) is 78.7 Å². The van der Waals surface area contributed by atoms with Crippen LogP contribution in [0.5, 0.6) is 11.5 Å². The fraction of sp³-hybridized carbons (Fsp3) is 0.0625. The fourth-order valence-electron chi connectivity index (χ4n) is 4.80. The van der Waals surface area contributed by atoms with Crippen LogP contribution in [0, 0.1) is 18.6 Å². The number of aromatic nitrogens is 4. The zero-order valence-electron chi connectivity index (χ0n) is 22.3. The van der Waals surface area contributed by atoms with Gasteiger partial charge in [0.05, 0.1) is 11.8 Å². The maximum atomic E-state index is 15.3. The van der Waals surface area contributed by atoms with Crippen LogP contribution >= 0.6 is 0 Å². The van der Waals surface area contributed by atoms with E-state index in [4.69, 9.17) is 10.5 Å². The molecule has 0 bridgehead atoms. The lowest BCUT2D eigenvalue weighted by Gasteiger charge is -2.12. The van der Waals surface area contributed by atoms with Crippen LogP contribution in [0.4, 0.5) is 14.6 Å². The van der Waals surface area contributed by atoms with Crippen LogP contribution < -0.4 is 16.0 Å². The van der Waals surface area contributed by atoms with E-state index in [0.29, 0.717) is 33.9 Å². The second-order valence-corrected chi connectivity index (χ2v) is 9.68. The first kappa shape index (κ1) is 26.6. The zero-order valence-corrected chi connectivity index (χ0v) is 22.3. The number of anilines is 1. The Morgan fingerprint density at radius 2 is 1.76 bits per heavy atom. The molecule has 0 fully saturated rings. The van der Waals surface area contributed by atoms with Crippen molar-refractivity contribution in [2.45, 2.75) is 13.3 Å². The third kappa shape index (κ3) is 5.01. The van der Waals surface area contributed by atoms with Crippen molar-refractivity contribution in [1.82, 2.24) is 19.2 Å². The number of carbonyl (C=O) groups is 1. The number of nitrogen functional groups attached to an aromatic ring is 1. The Morgan fingerprint density at radius 3 is 2.50 bits per heavy atom. The minimum absolute atomic E-state index is 0.0142. The molecule has 0 aliphatic heterocycles.